The molecule has 2 aliphatic heterocycles. The van der Waals surface area contributed by atoms with E-state index in [1.54, 1.807) is 0 Å². The van der Waals surface area contributed by atoms with Crippen LogP contribution >= 0.6 is 0 Å². The molecule has 2 heterocycles. The van der Waals surface area contributed by atoms with Crippen LogP contribution in [0.1, 0.15) is 168 Å². The summed E-state index contributed by atoms with van der Waals surface area (Å²) in [7, 11) is 0. The van der Waals surface area contributed by atoms with Crippen molar-refractivity contribution in [2.24, 2.45) is 0 Å². The van der Waals surface area contributed by atoms with Gasteiger partial charge in [-0.1, -0.05) is 157 Å². The minimum absolute atomic E-state index is 0.142. The normalized spacial score (nSPS) is 25.7. The second-order valence-electron chi connectivity index (χ2n) is 18.6. The van der Waals surface area contributed by atoms with Gasteiger partial charge >= 0.3 is 11.9 Å². The Hall–Kier alpha value is -3.32. The number of aliphatic hydroxyl groups excluding tert-OH is 7. The van der Waals surface area contributed by atoms with E-state index >= 15 is 0 Å². The number of carbonyl (C=O) groups excluding carboxylic acids is 2. The van der Waals surface area contributed by atoms with E-state index in [9.17, 15) is 45.3 Å². The fourth-order valence-corrected chi connectivity index (χ4v) is 7.99. The van der Waals surface area contributed by atoms with Gasteiger partial charge < -0.3 is 64.2 Å². The number of esters is 2. The highest BCUT2D eigenvalue weighted by atomic mass is 16.7. The van der Waals surface area contributed by atoms with Crippen molar-refractivity contribution < 1.29 is 73.8 Å². The van der Waals surface area contributed by atoms with Crippen LogP contribution in [0.3, 0.4) is 0 Å². The lowest BCUT2D eigenvalue weighted by molar-refractivity contribution is -0.332. The molecule has 0 bridgehead atoms. The van der Waals surface area contributed by atoms with E-state index in [4.69, 9.17) is 28.4 Å². The largest absolute Gasteiger partial charge is 0.462 e. The van der Waals surface area contributed by atoms with Gasteiger partial charge in [-0.25, -0.2) is 0 Å². The van der Waals surface area contributed by atoms with E-state index in [0.717, 1.165) is 122 Å². The first-order valence-electron chi connectivity index (χ1n) is 27.2. The van der Waals surface area contributed by atoms with E-state index in [-0.39, 0.29) is 19.4 Å². The number of aliphatic hydroxyl groups is 7. The van der Waals surface area contributed by atoms with E-state index in [0.29, 0.717) is 12.8 Å². The highest BCUT2D eigenvalue weighted by Crippen LogP contribution is 2.26. The van der Waals surface area contributed by atoms with Crippen molar-refractivity contribution in [2.45, 2.75) is 235 Å². The van der Waals surface area contributed by atoms with Crippen molar-refractivity contribution in [1.82, 2.24) is 0 Å². The van der Waals surface area contributed by atoms with Crippen LogP contribution in [-0.2, 0) is 38.0 Å². The summed E-state index contributed by atoms with van der Waals surface area (Å²) < 4.78 is 33.6. The third-order valence-corrected chi connectivity index (χ3v) is 12.4. The number of allylic oxidation sites excluding steroid dienone is 14. The predicted octanol–water partition coefficient (Wildman–Crippen LogP) is 8.38. The summed E-state index contributed by atoms with van der Waals surface area (Å²) in [4.78, 5) is 25.8. The second kappa shape index (κ2) is 43.0. The molecular weight excluding hydrogens is 925 g/mol. The van der Waals surface area contributed by atoms with Gasteiger partial charge in [0.25, 0.3) is 0 Å². The first-order chi connectivity index (χ1) is 35.0. The van der Waals surface area contributed by atoms with Gasteiger partial charge in [-0.05, 0) is 83.5 Å². The molecule has 0 radical (unpaired) electrons. The molecule has 412 valence electrons. The number of rotatable bonds is 41. The predicted molar refractivity (Wildman–Crippen MR) is 279 cm³/mol. The number of unbranched alkanes of at least 4 members (excludes halogenated alkanes) is 13. The lowest BCUT2D eigenvalue weighted by Gasteiger charge is -2.42. The Labute approximate surface area is 431 Å². The maximum atomic E-state index is 13.0. The highest BCUT2D eigenvalue weighted by Gasteiger charge is 2.47. The molecule has 15 nitrogen and oxygen atoms in total. The van der Waals surface area contributed by atoms with Crippen LogP contribution in [0.15, 0.2) is 85.1 Å². The van der Waals surface area contributed by atoms with Crippen LogP contribution < -0.4 is 0 Å². The Morgan fingerprint density at radius 2 is 0.833 bits per heavy atom. The van der Waals surface area contributed by atoms with Crippen LogP contribution in [0, 0.1) is 0 Å². The standard InChI is InChI=1S/C57H94O15/c1-3-5-7-9-11-13-15-17-19-21-22-24-26-28-30-32-34-36-38-40-49(60)70-45(42-67-48(59)39-37-35-33-31-29-27-25-23-20-18-16-14-12-10-8-6-4-2)43-68-56-55(66)53(64)51(62)47(72-56)44-69-57-54(65)52(63)50(61)46(41-58)71-57/h5-8,11-14,17-20,22,24,45-47,50-58,61-66H,3-4,9-10,15-16,21,23,25-44H2,1-2H3/b7-5-,8-6-,13-11-,14-12-,19-17-,20-18-,24-22-. The van der Waals surface area contributed by atoms with E-state index < -0.39 is 99.3 Å². The number of carbonyl (C=O) groups is 2. The Morgan fingerprint density at radius 3 is 1.31 bits per heavy atom. The Morgan fingerprint density at radius 1 is 0.444 bits per heavy atom. The molecule has 15 heteroatoms. The molecule has 0 aromatic carbocycles. The van der Waals surface area contributed by atoms with Gasteiger partial charge in [0.05, 0.1) is 19.8 Å². The van der Waals surface area contributed by atoms with Crippen LogP contribution in [0.2, 0.25) is 0 Å². The van der Waals surface area contributed by atoms with Crippen LogP contribution in [-0.4, -0.2) is 142 Å². The first kappa shape index (κ1) is 64.8. The molecular formula is C57H94O15. The van der Waals surface area contributed by atoms with Crippen LogP contribution in [0.4, 0.5) is 0 Å². The summed E-state index contributed by atoms with van der Waals surface area (Å²) in [6.45, 7) is 2.33. The Balaban J connectivity index is 1.80. The van der Waals surface area contributed by atoms with Gasteiger partial charge in [0.2, 0.25) is 0 Å². The minimum Gasteiger partial charge on any atom is -0.462 e. The van der Waals surface area contributed by atoms with E-state index in [1.165, 1.54) is 6.42 Å². The topological polar surface area (TPSA) is 231 Å². The maximum Gasteiger partial charge on any atom is 0.306 e. The van der Waals surface area contributed by atoms with Crippen molar-refractivity contribution in [1.29, 1.82) is 0 Å². The van der Waals surface area contributed by atoms with Gasteiger partial charge in [0.15, 0.2) is 18.7 Å². The zero-order valence-electron chi connectivity index (χ0n) is 43.6. The van der Waals surface area contributed by atoms with E-state index in [2.05, 4.69) is 98.9 Å². The molecule has 2 rings (SSSR count). The molecule has 2 fully saturated rings. The summed E-state index contributed by atoms with van der Waals surface area (Å²) in [5.74, 6) is -0.959. The molecule has 0 aliphatic carbocycles. The van der Waals surface area contributed by atoms with Gasteiger partial charge in [0, 0.05) is 12.8 Å². The summed E-state index contributed by atoms with van der Waals surface area (Å²) >= 11 is 0. The highest BCUT2D eigenvalue weighted by molar-refractivity contribution is 5.70. The summed E-state index contributed by atoms with van der Waals surface area (Å²) in [5.41, 5.74) is 0. The summed E-state index contributed by atoms with van der Waals surface area (Å²) in [6.07, 6.45) is 36.0. The Bertz CT molecular complexity index is 1570. The quantitative estimate of drug-likeness (QED) is 0.0173. The lowest BCUT2D eigenvalue weighted by Crippen LogP contribution is -2.61. The summed E-state index contributed by atoms with van der Waals surface area (Å²) in [5, 5.41) is 72.2. The van der Waals surface area contributed by atoms with Gasteiger partial charge in [-0.3, -0.25) is 9.59 Å². The van der Waals surface area contributed by atoms with Crippen LogP contribution in [0.5, 0.6) is 0 Å². The summed E-state index contributed by atoms with van der Waals surface area (Å²) in [6, 6.07) is 0. The first-order valence-corrected chi connectivity index (χ1v) is 27.2. The van der Waals surface area contributed by atoms with Gasteiger partial charge in [-0.15, -0.1) is 0 Å². The van der Waals surface area contributed by atoms with Gasteiger partial charge in [0.1, 0.15) is 55.4 Å². The van der Waals surface area contributed by atoms with Crippen molar-refractivity contribution in [3.63, 3.8) is 0 Å². The lowest BCUT2D eigenvalue weighted by atomic mass is 9.98. The van der Waals surface area contributed by atoms with Crippen molar-refractivity contribution in [3.05, 3.63) is 85.1 Å². The second-order valence-corrected chi connectivity index (χ2v) is 18.6. The molecule has 2 aliphatic rings. The molecule has 0 amide bonds. The zero-order valence-corrected chi connectivity index (χ0v) is 43.6. The molecule has 0 aromatic heterocycles. The van der Waals surface area contributed by atoms with Crippen molar-refractivity contribution in [2.75, 3.05) is 26.4 Å². The number of ether oxygens (including phenoxy) is 6. The third-order valence-electron chi connectivity index (χ3n) is 12.4. The van der Waals surface area contributed by atoms with Crippen molar-refractivity contribution in [3.8, 4) is 0 Å². The SMILES string of the molecule is CC/C=C\C/C=C\C/C=C\C/C=C\CCCCCCCCC(=O)OC(COC(=O)CCCCCCCCC/C=C\C/C=C\C/C=C\CC)COC1OC(COC2OC(CO)C(O)C(O)C2O)C(O)C(O)C1O. The van der Waals surface area contributed by atoms with Crippen molar-refractivity contribution >= 4 is 11.9 Å². The molecule has 11 unspecified atom stereocenters. The smallest absolute Gasteiger partial charge is 0.306 e. The molecule has 2 saturated heterocycles. The van der Waals surface area contributed by atoms with E-state index in [1.807, 2.05) is 0 Å². The fraction of sp³-hybridized carbons (Fsp3) is 0.719. The van der Waals surface area contributed by atoms with Crippen LogP contribution in [0.25, 0.3) is 0 Å². The third kappa shape index (κ3) is 30.1. The molecule has 7 N–H and O–H groups in total. The maximum absolute atomic E-state index is 13.0. The van der Waals surface area contributed by atoms with Gasteiger partial charge in [-0.2, -0.15) is 0 Å². The molecule has 11 atom stereocenters. The molecule has 0 aromatic rings. The molecule has 0 saturated carbocycles. The fourth-order valence-electron chi connectivity index (χ4n) is 7.99. The molecule has 72 heavy (non-hydrogen) atoms. The number of hydrogen-bond donors (Lipinski definition) is 7. The zero-order chi connectivity index (χ0) is 52.4. The monoisotopic (exact) mass is 1020 g/mol. The average molecular weight is 1020 g/mol. The average Bonchev–Trinajstić information content (AvgIpc) is 3.37. The molecule has 0 spiro atoms. The minimum atomic E-state index is -1.77. The Kier molecular flexibility index (Phi) is 38.7. The number of hydrogen-bond acceptors (Lipinski definition) is 15.